The van der Waals surface area contributed by atoms with Crippen molar-refractivity contribution >= 4 is 36.2 Å². The average Bonchev–Trinajstić information content (AvgIpc) is 3.15. The van der Waals surface area contributed by atoms with Gasteiger partial charge in [0, 0.05) is 18.9 Å². The molecular weight excluding hydrogens is 431 g/mol. The second-order valence-corrected chi connectivity index (χ2v) is 5.28. The number of nitrogens with zero attached hydrogens (tertiary/aromatic N) is 5. The number of aliphatic hydroxyl groups is 1. The number of hydrazine groups is 1. The third-order valence-electron chi connectivity index (χ3n) is 3.54. The summed E-state index contributed by atoms with van der Waals surface area (Å²) in [5.74, 6) is 0.757. The number of nitrogens with one attached hydrogen (secondary N) is 1. The molecule has 132 valence electrons. The van der Waals surface area contributed by atoms with Gasteiger partial charge < -0.3 is 10.4 Å². The molecule has 1 aliphatic heterocycles. The maximum atomic E-state index is 9.48. The molecule has 0 saturated heterocycles. The predicted octanol–water partition coefficient (Wildman–Crippen LogP) is 0.895. The van der Waals surface area contributed by atoms with E-state index in [9.17, 15) is 5.11 Å². The zero-order chi connectivity index (χ0) is 16.6. The van der Waals surface area contributed by atoms with Gasteiger partial charge in [-0.05, 0) is 24.3 Å². The van der Waals surface area contributed by atoms with Crippen molar-refractivity contribution in [2.45, 2.75) is 6.54 Å². The zero-order valence-corrected chi connectivity index (χ0v) is 16.2. The predicted molar refractivity (Wildman–Crippen MR) is 107 cm³/mol. The minimum Gasteiger partial charge on any atom is -0.394 e. The van der Waals surface area contributed by atoms with Crippen molar-refractivity contribution in [1.29, 1.82) is 0 Å². The van der Waals surface area contributed by atoms with Crippen molar-refractivity contribution < 1.29 is 9.79 Å². The lowest BCUT2D eigenvalue weighted by Gasteiger charge is -2.19. The van der Waals surface area contributed by atoms with Gasteiger partial charge in [-0.1, -0.05) is 12.1 Å². The maximum Gasteiger partial charge on any atom is 0.251 e. The van der Waals surface area contributed by atoms with Crippen molar-refractivity contribution in [3.63, 3.8) is 0 Å². The van der Waals surface area contributed by atoms with E-state index >= 15 is 0 Å². The molecule has 2 aromatic rings. The first-order valence-electron chi connectivity index (χ1n) is 7.96. The van der Waals surface area contributed by atoms with Crippen LogP contribution in [0.15, 0.2) is 53.8 Å². The van der Waals surface area contributed by atoms with Crippen molar-refractivity contribution in [2.24, 2.45) is 4.99 Å². The van der Waals surface area contributed by atoms with E-state index in [1.807, 2.05) is 52.3 Å². The molecule has 0 unspecified atom stereocenters. The van der Waals surface area contributed by atoms with Crippen LogP contribution in [0.3, 0.4) is 0 Å². The highest BCUT2D eigenvalue weighted by molar-refractivity contribution is 14.0. The number of guanidine groups is 1. The Bertz CT molecular complexity index is 708. The van der Waals surface area contributed by atoms with Crippen molar-refractivity contribution in [3.8, 4) is 0 Å². The Labute approximate surface area is 164 Å². The highest BCUT2D eigenvalue weighted by Crippen LogP contribution is 2.04. The molecule has 0 spiro atoms. The van der Waals surface area contributed by atoms with E-state index in [4.69, 9.17) is 0 Å². The van der Waals surface area contributed by atoms with Gasteiger partial charge in [-0.3, -0.25) is 9.97 Å². The van der Waals surface area contributed by atoms with Crippen molar-refractivity contribution in [2.75, 3.05) is 26.2 Å². The summed E-state index contributed by atoms with van der Waals surface area (Å²) in [6.07, 6.45) is 5.47. The van der Waals surface area contributed by atoms with E-state index in [0.717, 1.165) is 30.4 Å². The highest BCUT2D eigenvalue weighted by Gasteiger charge is 2.25. The molecule has 1 aliphatic rings. The van der Waals surface area contributed by atoms with Gasteiger partial charge in [-0.15, -0.1) is 33.7 Å². The summed E-state index contributed by atoms with van der Waals surface area (Å²) in [5, 5.41) is 14.7. The van der Waals surface area contributed by atoms with E-state index in [2.05, 4.69) is 20.3 Å². The van der Waals surface area contributed by atoms with Crippen LogP contribution >= 0.6 is 24.0 Å². The van der Waals surface area contributed by atoms with Crippen LogP contribution < -0.4 is 5.32 Å². The maximum absolute atomic E-state index is 9.48. The number of rotatable bonds is 6. The van der Waals surface area contributed by atoms with Crippen molar-refractivity contribution in [3.05, 3.63) is 60.2 Å². The molecule has 0 atom stereocenters. The van der Waals surface area contributed by atoms with E-state index in [0.29, 0.717) is 13.1 Å². The molecule has 7 nitrogen and oxygen atoms in total. The third-order valence-corrected chi connectivity index (χ3v) is 3.54. The van der Waals surface area contributed by atoms with Gasteiger partial charge in [0.2, 0.25) is 12.8 Å². The van der Waals surface area contributed by atoms with Gasteiger partial charge in [-0.2, -0.15) is 0 Å². The Morgan fingerprint density at radius 3 is 2.56 bits per heavy atom. The molecule has 0 aromatic carbocycles. The topological polar surface area (TPSA) is 76.7 Å². The van der Waals surface area contributed by atoms with Gasteiger partial charge in [0.25, 0.3) is 5.96 Å². The molecule has 0 bridgehead atoms. The molecule has 8 heteroatoms. The van der Waals surface area contributed by atoms with Gasteiger partial charge in [0.15, 0.2) is 0 Å². The molecular formula is C17H22IN6O+. The Morgan fingerprint density at radius 2 is 1.96 bits per heavy atom. The molecule has 0 radical (unpaired) electrons. The summed E-state index contributed by atoms with van der Waals surface area (Å²) >= 11 is 0. The summed E-state index contributed by atoms with van der Waals surface area (Å²) in [4.78, 5) is 13.2. The quantitative estimate of drug-likeness (QED) is 0.294. The molecule has 0 amide bonds. The standard InChI is InChI=1S/C17H21N6O.HI/c24-12-11-23(17-20-9-10-21-17)22(13-15-5-1-3-7-18-15)14-16-6-2-4-8-19-16;/h1-8,13,24H,9-12,14H2,(H,20,21);1H/q+1;/b22-13+;. The Balaban J connectivity index is 0.00000225. The first kappa shape index (κ1) is 19.3. The number of aliphatic imine (C=N–C) groups is 1. The Morgan fingerprint density at radius 1 is 1.16 bits per heavy atom. The van der Waals surface area contributed by atoms with Crippen LogP contribution in [0, 0.1) is 0 Å². The minimum absolute atomic E-state index is 0. The lowest BCUT2D eigenvalue weighted by Crippen LogP contribution is -2.47. The minimum atomic E-state index is 0. The number of hydrogen-bond donors (Lipinski definition) is 2. The first-order chi connectivity index (χ1) is 11.9. The van der Waals surface area contributed by atoms with E-state index in [1.165, 1.54) is 0 Å². The number of aliphatic hydroxyl groups excluding tert-OH is 1. The fourth-order valence-corrected chi connectivity index (χ4v) is 2.47. The van der Waals surface area contributed by atoms with Crippen LogP contribution in [0.5, 0.6) is 0 Å². The highest BCUT2D eigenvalue weighted by atomic mass is 127. The Hall–Kier alpha value is -2.07. The second-order valence-electron chi connectivity index (χ2n) is 5.28. The van der Waals surface area contributed by atoms with Crippen LogP contribution in [0.25, 0.3) is 0 Å². The number of hydrogen-bond acceptors (Lipinski definition) is 6. The van der Waals surface area contributed by atoms with E-state index in [-0.39, 0.29) is 30.6 Å². The van der Waals surface area contributed by atoms with Crippen LogP contribution in [0.2, 0.25) is 0 Å². The monoisotopic (exact) mass is 453 g/mol. The molecule has 3 heterocycles. The molecule has 2 N–H and O–H groups in total. The average molecular weight is 453 g/mol. The van der Waals surface area contributed by atoms with Gasteiger partial charge >= 0.3 is 0 Å². The number of halogens is 1. The zero-order valence-electron chi connectivity index (χ0n) is 13.8. The van der Waals surface area contributed by atoms with E-state index in [1.54, 1.807) is 12.4 Å². The molecule has 0 fully saturated rings. The molecule has 0 saturated carbocycles. The number of pyridine rings is 2. The lowest BCUT2D eigenvalue weighted by atomic mass is 10.3. The summed E-state index contributed by atoms with van der Waals surface area (Å²) in [6, 6.07) is 11.6. The fraction of sp³-hybridized carbons (Fsp3) is 0.294. The van der Waals surface area contributed by atoms with E-state index < -0.39 is 0 Å². The summed E-state index contributed by atoms with van der Waals surface area (Å²) in [7, 11) is 0. The third kappa shape index (κ3) is 5.46. The molecule has 3 rings (SSSR count). The van der Waals surface area contributed by atoms with Gasteiger partial charge in [0.1, 0.15) is 17.9 Å². The van der Waals surface area contributed by atoms with Crippen LogP contribution in [-0.4, -0.2) is 63.2 Å². The summed E-state index contributed by atoms with van der Waals surface area (Å²) < 4.78 is 1.98. The number of hydrazone groups is 1. The normalized spacial score (nSPS) is 13.6. The summed E-state index contributed by atoms with van der Waals surface area (Å²) in [6.45, 7) is 2.55. The van der Waals surface area contributed by atoms with Crippen molar-refractivity contribution in [1.82, 2.24) is 20.3 Å². The molecule has 0 aliphatic carbocycles. The lowest BCUT2D eigenvalue weighted by molar-refractivity contribution is -0.677. The van der Waals surface area contributed by atoms with Gasteiger partial charge in [-0.25, -0.2) is 4.99 Å². The van der Waals surface area contributed by atoms with Crippen LogP contribution in [0.1, 0.15) is 11.4 Å². The second kappa shape index (κ2) is 10.0. The summed E-state index contributed by atoms with van der Waals surface area (Å²) in [5.41, 5.74) is 1.75. The smallest absolute Gasteiger partial charge is 0.251 e. The van der Waals surface area contributed by atoms with Crippen LogP contribution in [-0.2, 0) is 6.54 Å². The molecule has 25 heavy (non-hydrogen) atoms. The van der Waals surface area contributed by atoms with Crippen LogP contribution in [0.4, 0.5) is 0 Å². The Kier molecular flexibility index (Phi) is 7.74. The van der Waals surface area contributed by atoms with Gasteiger partial charge in [0.05, 0.1) is 13.2 Å². The fourth-order valence-electron chi connectivity index (χ4n) is 2.47. The SMILES string of the molecule is I.OCCN(C1=NCCN1)/[N+](=C/c1ccccn1)Cc1ccccn1. The molecule has 2 aromatic heterocycles. The largest absolute Gasteiger partial charge is 0.394 e. The number of aromatic nitrogens is 2. The first-order valence-corrected chi connectivity index (χ1v) is 7.96.